The Morgan fingerprint density at radius 1 is 1.19 bits per heavy atom. The van der Waals surface area contributed by atoms with Gasteiger partial charge in [-0.15, -0.1) is 0 Å². The maximum Gasteiger partial charge on any atom is 0.223 e. The van der Waals surface area contributed by atoms with E-state index in [0.29, 0.717) is 12.3 Å². The summed E-state index contributed by atoms with van der Waals surface area (Å²) in [7, 11) is 3.78. The smallest absolute Gasteiger partial charge is 0.223 e. The number of rotatable bonds is 7. The van der Waals surface area contributed by atoms with Crippen molar-refractivity contribution >= 4 is 11.9 Å². The highest BCUT2D eigenvalue weighted by molar-refractivity contribution is 5.80. The first kappa shape index (κ1) is 19.0. The molecular formula is C21H29N5O. The van der Waals surface area contributed by atoms with E-state index in [0.717, 1.165) is 38.6 Å². The summed E-state index contributed by atoms with van der Waals surface area (Å²) in [5, 5.41) is 6.68. The van der Waals surface area contributed by atoms with E-state index in [1.807, 2.05) is 40.9 Å². The Morgan fingerprint density at radius 3 is 2.70 bits per heavy atom. The molecule has 1 atom stereocenters. The molecule has 1 aliphatic rings. The summed E-state index contributed by atoms with van der Waals surface area (Å²) in [5.41, 5.74) is 2.49. The van der Waals surface area contributed by atoms with E-state index in [9.17, 15) is 4.79 Å². The average molecular weight is 367 g/mol. The van der Waals surface area contributed by atoms with Crippen molar-refractivity contribution in [1.29, 1.82) is 0 Å². The lowest BCUT2D eigenvalue weighted by Crippen LogP contribution is -2.40. The molecule has 1 amide bonds. The van der Waals surface area contributed by atoms with Crippen LogP contribution in [0.4, 0.5) is 0 Å². The van der Waals surface area contributed by atoms with Crippen LogP contribution in [0.2, 0.25) is 0 Å². The number of nitrogens with one attached hydrogen (secondary N) is 2. The van der Waals surface area contributed by atoms with Crippen LogP contribution in [0.1, 0.15) is 17.5 Å². The molecule has 0 saturated carbocycles. The minimum atomic E-state index is 0.255. The molecule has 0 bridgehead atoms. The predicted octanol–water partition coefficient (Wildman–Crippen LogP) is 1.78. The van der Waals surface area contributed by atoms with Gasteiger partial charge in [-0.2, -0.15) is 0 Å². The van der Waals surface area contributed by atoms with Crippen LogP contribution in [0.25, 0.3) is 0 Å². The van der Waals surface area contributed by atoms with Gasteiger partial charge < -0.3 is 20.1 Å². The minimum absolute atomic E-state index is 0.255. The Morgan fingerprint density at radius 2 is 2.00 bits per heavy atom. The van der Waals surface area contributed by atoms with E-state index < -0.39 is 0 Å². The normalized spacial score (nSPS) is 17.4. The molecule has 1 saturated heterocycles. The van der Waals surface area contributed by atoms with E-state index in [4.69, 9.17) is 0 Å². The van der Waals surface area contributed by atoms with Crippen LogP contribution < -0.4 is 10.6 Å². The molecule has 0 spiro atoms. The number of aryl methyl sites for hydroxylation is 1. The molecule has 2 aromatic rings. The number of hydrogen-bond acceptors (Lipinski definition) is 2. The third-order valence-corrected chi connectivity index (χ3v) is 4.94. The Balaban J connectivity index is 1.40. The number of carbonyl (C=O) groups excluding carboxylic acids is 1. The van der Waals surface area contributed by atoms with Gasteiger partial charge in [0.25, 0.3) is 0 Å². The second-order valence-corrected chi connectivity index (χ2v) is 7.14. The molecule has 6 heteroatoms. The molecule has 2 N–H and O–H groups in total. The SMILES string of the molecule is CN=C(NCc1ccn(C)c1)NCC1CC(=O)N(CCc2ccccc2)C1. The highest BCUT2D eigenvalue weighted by Crippen LogP contribution is 2.17. The van der Waals surface area contributed by atoms with Gasteiger partial charge in [-0.05, 0) is 23.6 Å². The predicted molar refractivity (Wildman–Crippen MR) is 108 cm³/mol. The van der Waals surface area contributed by atoms with E-state index in [1.54, 1.807) is 7.05 Å². The first-order valence-electron chi connectivity index (χ1n) is 9.51. The van der Waals surface area contributed by atoms with Crippen LogP contribution >= 0.6 is 0 Å². The Bertz CT molecular complexity index is 768. The Kier molecular flexibility index (Phi) is 6.52. The minimum Gasteiger partial charge on any atom is -0.357 e. The fraction of sp³-hybridized carbons (Fsp3) is 0.429. The second kappa shape index (κ2) is 9.26. The quantitative estimate of drug-likeness (QED) is 0.579. The molecule has 3 rings (SSSR count). The standard InChI is InChI=1S/C21H29N5O/c1-22-21(23-13-18-8-10-25(2)15-18)24-14-19-12-20(27)26(16-19)11-9-17-6-4-3-5-7-17/h3-8,10,15,19H,9,11-14,16H2,1-2H3,(H2,22,23,24). The van der Waals surface area contributed by atoms with Gasteiger partial charge in [0, 0.05) is 65.0 Å². The molecule has 1 aromatic carbocycles. The van der Waals surface area contributed by atoms with Crippen molar-refractivity contribution in [2.24, 2.45) is 18.0 Å². The fourth-order valence-corrected chi connectivity index (χ4v) is 3.43. The van der Waals surface area contributed by atoms with Gasteiger partial charge >= 0.3 is 0 Å². The van der Waals surface area contributed by atoms with Crippen LogP contribution in [0.5, 0.6) is 0 Å². The molecule has 1 aromatic heterocycles. The Labute approximate surface area is 161 Å². The summed E-state index contributed by atoms with van der Waals surface area (Å²) in [5.74, 6) is 1.35. The first-order chi connectivity index (χ1) is 13.1. The second-order valence-electron chi connectivity index (χ2n) is 7.14. The number of amides is 1. The fourth-order valence-electron chi connectivity index (χ4n) is 3.43. The molecule has 0 radical (unpaired) electrons. The molecule has 0 aliphatic carbocycles. The Hall–Kier alpha value is -2.76. The number of hydrogen-bond donors (Lipinski definition) is 2. The van der Waals surface area contributed by atoms with Crippen molar-refractivity contribution < 1.29 is 4.79 Å². The van der Waals surface area contributed by atoms with Gasteiger partial charge in [0.15, 0.2) is 5.96 Å². The average Bonchev–Trinajstić information content (AvgIpc) is 3.26. The van der Waals surface area contributed by atoms with Crippen LogP contribution in [0.15, 0.2) is 53.8 Å². The van der Waals surface area contributed by atoms with Crippen LogP contribution in [0, 0.1) is 5.92 Å². The monoisotopic (exact) mass is 367 g/mol. The van der Waals surface area contributed by atoms with E-state index in [1.165, 1.54) is 11.1 Å². The van der Waals surface area contributed by atoms with Gasteiger partial charge in [-0.25, -0.2) is 0 Å². The van der Waals surface area contributed by atoms with Crippen molar-refractivity contribution in [2.75, 3.05) is 26.7 Å². The topological polar surface area (TPSA) is 61.7 Å². The van der Waals surface area contributed by atoms with Crippen LogP contribution in [0.3, 0.4) is 0 Å². The molecule has 1 fully saturated rings. The van der Waals surface area contributed by atoms with E-state index in [2.05, 4.69) is 40.0 Å². The number of nitrogens with zero attached hydrogens (tertiary/aromatic N) is 3. The van der Waals surface area contributed by atoms with Crippen molar-refractivity contribution in [3.8, 4) is 0 Å². The molecule has 27 heavy (non-hydrogen) atoms. The molecule has 6 nitrogen and oxygen atoms in total. The maximum atomic E-state index is 12.3. The largest absolute Gasteiger partial charge is 0.357 e. The van der Waals surface area contributed by atoms with Gasteiger partial charge in [-0.3, -0.25) is 9.79 Å². The third kappa shape index (κ3) is 5.61. The third-order valence-electron chi connectivity index (χ3n) is 4.94. The summed E-state index contributed by atoms with van der Waals surface area (Å²) in [6, 6.07) is 12.4. The zero-order valence-corrected chi connectivity index (χ0v) is 16.2. The highest BCUT2D eigenvalue weighted by Gasteiger charge is 2.29. The maximum absolute atomic E-state index is 12.3. The number of benzene rings is 1. The lowest BCUT2D eigenvalue weighted by atomic mass is 10.1. The molecule has 144 valence electrons. The number of guanidine groups is 1. The number of carbonyl (C=O) groups is 1. The molecule has 1 aliphatic heterocycles. The zero-order chi connectivity index (χ0) is 19.1. The number of likely N-dealkylation sites (tertiary alicyclic amines) is 1. The van der Waals surface area contributed by atoms with E-state index >= 15 is 0 Å². The van der Waals surface area contributed by atoms with Crippen molar-refractivity contribution in [3.05, 3.63) is 59.9 Å². The molecule has 1 unspecified atom stereocenters. The summed E-state index contributed by atoms with van der Waals surface area (Å²) in [6.07, 6.45) is 5.63. The lowest BCUT2D eigenvalue weighted by molar-refractivity contribution is -0.127. The zero-order valence-electron chi connectivity index (χ0n) is 16.2. The summed E-state index contributed by atoms with van der Waals surface area (Å²) in [6.45, 7) is 3.09. The van der Waals surface area contributed by atoms with Gasteiger partial charge in [0.2, 0.25) is 5.91 Å². The van der Waals surface area contributed by atoms with Crippen molar-refractivity contribution in [1.82, 2.24) is 20.1 Å². The van der Waals surface area contributed by atoms with Crippen molar-refractivity contribution in [3.63, 3.8) is 0 Å². The number of aliphatic imine (C=N–C) groups is 1. The van der Waals surface area contributed by atoms with Crippen molar-refractivity contribution in [2.45, 2.75) is 19.4 Å². The number of aromatic nitrogens is 1. The van der Waals surface area contributed by atoms with Crippen LogP contribution in [-0.2, 0) is 24.8 Å². The van der Waals surface area contributed by atoms with Gasteiger partial charge in [0.1, 0.15) is 0 Å². The lowest BCUT2D eigenvalue weighted by Gasteiger charge is -2.18. The van der Waals surface area contributed by atoms with Crippen LogP contribution in [-0.4, -0.2) is 48.0 Å². The molecular weight excluding hydrogens is 338 g/mol. The van der Waals surface area contributed by atoms with Gasteiger partial charge in [-0.1, -0.05) is 30.3 Å². The molecule has 2 heterocycles. The summed E-state index contributed by atoms with van der Waals surface area (Å²) in [4.78, 5) is 18.5. The van der Waals surface area contributed by atoms with Gasteiger partial charge in [0.05, 0.1) is 0 Å². The highest BCUT2D eigenvalue weighted by atomic mass is 16.2. The summed E-state index contributed by atoms with van der Waals surface area (Å²) >= 11 is 0. The first-order valence-corrected chi connectivity index (χ1v) is 9.51. The van der Waals surface area contributed by atoms with E-state index in [-0.39, 0.29) is 5.91 Å². The summed E-state index contributed by atoms with van der Waals surface area (Å²) < 4.78 is 2.03.